The molecule has 2 unspecified atom stereocenters. The van der Waals surface area contributed by atoms with Crippen LogP contribution in [-0.2, 0) is 16.0 Å². The van der Waals surface area contributed by atoms with Crippen molar-refractivity contribution in [1.29, 1.82) is 0 Å². The lowest BCUT2D eigenvalue weighted by Gasteiger charge is -2.38. The van der Waals surface area contributed by atoms with Gasteiger partial charge >= 0.3 is 0 Å². The van der Waals surface area contributed by atoms with E-state index in [9.17, 15) is 14.0 Å². The Kier molecular flexibility index (Phi) is 6.86. The molecule has 29 heavy (non-hydrogen) atoms. The summed E-state index contributed by atoms with van der Waals surface area (Å²) in [5.41, 5.74) is 1.56. The molecule has 0 spiro atoms. The minimum absolute atomic E-state index is 0.0365. The monoisotopic (exact) mass is 398 g/mol. The molecular formula is C23H27FN2O3. The summed E-state index contributed by atoms with van der Waals surface area (Å²) in [6, 6.07) is 13.9. The SMILES string of the molecule is COc1ccc(C2C(C(=O)NCCCc3ccccc3F)CCC(=O)N2C)cc1. The van der Waals surface area contributed by atoms with Gasteiger partial charge < -0.3 is 15.0 Å². The molecule has 6 heteroatoms. The third-order valence-corrected chi connectivity index (χ3v) is 5.54. The molecule has 0 radical (unpaired) electrons. The number of nitrogens with one attached hydrogen (secondary N) is 1. The summed E-state index contributed by atoms with van der Waals surface area (Å²) in [7, 11) is 3.34. The molecule has 2 aromatic rings. The Hall–Kier alpha value is -2.89. The second-order valence-corrected chi connectivity index (χ2v) is 7.35. The van der Waals surface area contributed by atoms with Gasteiger partial charge in [-0.05, 0) is 48.6 Å². The molecule has 0 saturated carbocycles. The molecule has 154 valence electrons. The molecule has 2 amide bonds. The van der Waals surface area contributed by atoms with Gasteiger partial charge in [-0.15, -0.1) is 0 Å². The molecule has 1 heterocycles. The quantitative estimate of drug-likeness (QED) is 0.727. The summed E-state index contributed by atoms with van der Waals surface area (Å²) in [4.78, 5) is 26.8. The maximum Gasteiger partial charge on any atom is 0.225 e. The normalized spacial score (nSPS) is 19.1. The number of benzene rings is 2. The van der Waals surface area contributed by atoms with Crippen LogP contribution in [0.4, 0.5) is 4.39 Å². The highest BCUT2D eigenvalue weighted by Crippen LogP contribution is 2.36. The van der Waals surface area contributed by atoms with Crippen molar-refractivity contribution in [2.24, 2.45) is 5.92 Å². The summed E-state index contributed by atoms with van der Waals surface area (Å²) in [5.74, 6) is 0.158. The fourth-order valence-electron chi connectivity index (χ4n) is 3.89. The Morgan fingerprint density at radius 3 is 2.62 bits per heavy atom. The number of nitrogens with zero attached hydrogens (tertiary/aromatic N) is 1. The third-order valence-electron chi connectivity index (χ3n) is 5.54. The van der Waals surface area contributed by atoms with E-state index in [-0.39, 0.29) is 29.6 Å². The molecular weight excluding hydrogens is 371 g/mol. The highest BCUT2D eigenvalue weighted by Gasteiger charge is 2.38. The second kappa shape index (κ2) is 9.54. The van der Waals surface area contributed by atoms with Gasteiger partial charge in [0.15, 0.2) is 0 Å². The average Bonchev–Trinajstić information content (AvgIpc) is 2.74. The summed E-state index contributed by atoms with van der Waals surface area (Å²) in [6.45, 7) is 0.469. The summed E-state index contributed by atoms with van der Waals surface area (Å²) >= 11 is 0. The van der Waals surface area contributed by atoms with E-state index in [2.05, 4.69) is 5.32 Å². The van der Waals surface area contributed by atoms with Crippen molar-refractivity contribution in [3.05, 3.63) is 65.5 Å². The van der Waals surface area contributed by atoms with Crippen LogP contribution in [0.15, 0.2) is 48.5 Å². The van der Waals surface area contributed by atoms with Gasteiger partial charge in [0.25, 0.3) is 0 Å². The van der Waals surface area contributed by atoms with Crippen molar-refractivity contribution in [1.82, 2.24) is 10.2 Å². The van der Waals surface area contributed by atoms with E-state index in [1.807, 2.05) is 30.3 Å². The predicted octanol–water partition coefficient (Wildman–Crippen LogP) is 3.49. The smallest absolute Gasteiger partial charge is 0.225 e. The van der Waals surface area contributed by atoms with Crippen LogP contribution in [0.2, 0.25) is 0 Å². The standard InChI is InChI=1S/C23H27FN2O3/c1-26-21(27)14-13-19(22(26)17-9-11-18(29-2)12-10-17)23(28)25-15-5-7-16-6-3-4-8-20(16)24/h3-4,6,8-12,19,22H,5,7,13-15H2,1-2H3,(H,25,28). The number of hydrogen-bond donors (Lipinski definition) is 1. The van der Waals surface area contributed by atoms with Crippen LogP contribution in [0.25, 0.3) is 0 Å². The number of likely N-dealkylation sites (tertiary alicyclic amines) is 1. The Morgan fingerprint density at radius 1 is 1.21 bits per heavy atom. The highest BCUT2D eigenvalue weighted by atomic mass is 19.1. The molecule has 2 atom stereocenters. The number of carbonyl (C=O) groups excluding carboxylic acids is 2. The fraction of sp³-hybridized carbons (Fsp3) is 0.391. The largest absolute Gasteiger partial charge is 0.497 e. The zero-order valence-electron chi connectivity index (χ0n) is 16.9. The summed E-state index contributed by atoms with van der Waals surface area (Å²) < 4.78 is 18.9. The van der Waals surface area contributed by atoms with Crippen molar-refractivity contribution in [3.8, 4) is 5.75 Å². The molecule has 1 fully saturated rings. The minimum atomic E-state index is -0.320. The second-order valence-electron chi connectivity index (χ2n) is 7.35. The van der Waals surface area contributed by atoms with Crippen molar-refractivity contribution >= 4 is 11.8 Å². The van der Waals surface area contributed by atoms with Crippen molar-refractivity contribution < 1.29 is 18.7 Å². The number of halogens is 1. The molecule has 5 nitrogen and oxygen atoms in total. The summed E-state index contributed by atoms with van der Waals surface area (Å²) in [5, 5.41) is 2.98. The van der Waals surface area contributed by atoms with Gasteiger partial charge in [0.1, 0.15) is 11.6 Å². The summed E-state index contributed by atoms with van der Waals surface area (Å²) in [6.07, 6.45) is 2.09. The number of carbonyl (C=O) groups is 2. The maximum absolute atomic E-state index is 13.7. The number of aryl methyl sites for hydroxylation is 1. The molecule has 1 aliphatic heterocycles. The third kappa shape index (κ3) is 4.94. The molecule has 0 aromatic heterocycles. The molecule has 2 aromatic carbocycles. The molecule has 1 aliphatic rings. The first-order valence-electron chi connectivity index (χ1n) is 9.92. The van der Waals surface area contributed by atoms with Crippen molar-refractivity contribution in [2.45, 2.75) is 31.7 Å². The minimum Gasteiger partial charge on any atom is -0.497 e. The number of amides is 2. The van der Waals surface area contributed by atoms with E-state index in [1.54, 1.807) is 31.2 Å². The number of hydrogen-bond acceptors (Lipinski definition) is 3. The molecule has 3 rings (SSSR count). The van der Waals surface area contributed by atoms with Crippen LogP contribution in [0.1, 0.15) is 36.4 Å². The number of methoxy groups -OCH3 is 1. The van der Waals surface area contributed by atoms with Gasteiger partial charge in [0, 0.05) is 20.0 Å². The van der Waals surface area contributed by atoms with E-state index in [4.69, 9.17) is 4.74 Å². The van der Waals surface area contributed by atoms with Crippen LogP contribution in [0.5, 0.6) is 5.75 Å². The lowest BCUT2D eigenvalue weighted by molar-refractivity contribution is -0.141. The van der Waals surface area contributed by atoms with E-state index < -0.39 is 0 Å². The van der Waals surface area contributed by atoms with Crippen molar-refractivity contribution in [3.63, 3.8) is 0 Å². The first kappa shape index (κ1) is 20.8. The van der Waals surface area contributed by atoms with Gasteiger partial charge in [0.2, 0.25) is 11.8 Å². The van der Waals surface area contributed by atoms with Crippen LogP contribution < -0.4 is 10.1 Å². The van der Waals surface area contributed by atoms with Gasteiger partial charge in [-0.1, -0.05) is 30.3 Å². The van der Waals surface area contributed by atoms with Crippen LogP contribution in [0, 0.1) is 11.7 Å². The van der Waals surface area contributed by atoms with Gasteiger partial charge in [-0.2, -0.15) is 0 Å². The van der Waals surface area contributed by atoms with E-state index in [0.29, 0.717) is 37.8 Å². The zero-order chi connectivity index (χ0) is 20.8. The maximum atomic E-state index is 13.7. The Labute approximate surface area is 170 Å². The lowest BCUT2D eigenvalue weighted by atomic mass is 9.84. The van der Waals surface area contributed by atoms with E-state index >= 15 is 0 Å². The Bertz CT molecular complexity index is 853. The number of rotatable bonds is 7. The number of ether oxygens (including phenoxy) is 1. The molecule has 0 bridgehead atoms. The highest BCUT2D eigenvalue weighted by molar-refractivity contribution is 5.84. The average molecular weight is 398 g/mol. The van der Waals surface area contributed by atoms with E-state index in [0.717, 1.165) is 11.3 Å². The first-order chi connectivity index (χ1) is 14.0. The number of piperidine rings is 1. The van der Waals surface area contributed by atoms with Crippen LogP contribution in [0.3, 0.4) is 0 Å². The topological polar surface area (TPSA) is 58.6 Å². The first-order valence-corrected chi connectivity index (χ1v) is 9.92. The van der Waals surface area contributed by atoms with Crippen molar-refractivity contribution in [2.75, 3.05) is 20.7 Å². The van der Waals surface area contributed by atoms with Gasteiger partial charge in [-0.3, -0.25) is 9.59 Å². The van der Waals surface area contributed by atoms with E-state index in [1.165, 1.54) is 6.07 Å². The van der Waals surface area contributed by atoms with Crippen LogP contribution in [-0.4, -0.2) is 37.4 Å². The molecule has 1 N–H and O–H groups in total. The molecule has 0 aliphatic carbocycles. The van der Waals surface area contributed by atoms with Crippen LogP contribution >= 0.6 is 0 Å². The Balaban J connectivity index is 1.63. The predicted molar refractivity (Wildman–Crippen MR) is 109 cm³/mol. The lowest BCUT2D eigenvalue weighted by Crippen LogP contribution is -2.46. The fourth-order valence-corrected chi connectivity index (χ4v) is 3.89. The molecule has 1 saturated heterocycles. The van der Waals surface area contributed by atoms with Gasteiger partial charge in [-0.25, -0.2) is 4.39 Å². The Morgan fingerprint density at radius 2 is 1.93 bits per heavy atom. The zero-order valence-corrected chi connectivity index (χ0v) is 16.9. The van der Waals surface area contributed by atoms with Gasteiger partial charge in [0.05, 0.1) is 19.1 Å².